The van der Waals surface area contributed by atoms with Crippen LogP contribution in [-0.2, 0) is 21.4 Å². The molecule has 0 aromatic heterocycles. The predicted molar refractivity (Wildman–Crippen MR) is 137 cm³/mol. The number of rotatable bonds is 7. The lowest BCUT2D eigenvalue weighted by Crippen LogP contribution is -2.36. The van der Waals surface area contributed by atoms with Crippen LogP contribution in [0.4, 0.5) is 0 Å². The van der Waals surface area contributed by atoms with Gasteiger partial charge in [-0.1, -0.05) is 84.9 Å². The zero-order chi connectivity index (χ0) is 24.1. The van der Waals surface area contributed by atoms with Crippen LogP contribution in [0.25, 0.3) is 0 Å². The summed E-state index contributed by atoms with van der Waals surface area (Å²) in [7, 11) is 0. The molecule has 3 aromatic rings. The minimum atomic E-state index is -0.705. The smallest absolute Gasteiger partial charge is 0.316 e. The average Bonchev–Trinajstić information content (AvgIpc) is 2.78. The van der Waals surface area contributed by atoms with E-state index in [1.165, 1.54) is 5.56 Å². The summed E-state index contributed by atoms with van der Waals surface area (Å²) in [6.07, 6.45) is 0.816. The van der Waals surface area contributed by atoms with Crippen molar-refractivity contribution in [3.05, 3.63) is 107 Å². The van der Waals surface area contributed by atoms with Crippen LogP contribution in [0.3, 0.4) is 0 Å². The Kier molecular flexibility index (Phi) is 7.53. The summed E-state index contributed by atoms with van der Waals surface area (Å²) in [4.78, 5) is 17.8. The Morgan fingerprint density at radius 2 is 1.27 bits per heavy atom. The Morgan fingerprint density at radius 1 is 0.788 bits per heavy atom. The molecule has 0 aliphatic carbocycles. The fourth-order valence-corrected chi connectivity index (χ4v) is 3.70. The maximum absolute atomic E-state index is 12.7. The third kappa shape index (κ3) is 6.64. The highest BCUT2D eigenvalue weighted by molar-refractivity contribution is 6.12. The molecule has 1 unspecified atom stereocenters. The van der Waals surface area contributed by atoms with Gasteiger partial charge in [0.25, 0.3) is 0 Å². The van der Waals surface area contributed by atoms with Gasteiger partial charge in [-0.05, 0) is 59.1 Å². The minimum absolute atomic E-state index is 0.102. The Morgan fingerprint density at radius 3 is 1.73 bits per heavy atom. The highest BCUT2D eigenvalue weighted by Gasteiger charge is 2.34. The number of hydrogen-bond donors (Lipinski definition) is 0. The van der Waals surface area contributed by atoms with Crippen molar-refractivity contribution in [1.82, 2.24) is 0 Å². The van der Waals surface area contributed by atoms with Gasteiger partial charge in [-0.3, -0.25) is 9.79 Å². The van der Waals surface area contributed by atoms with E-state index in [2.05, 4.69) is 43.3 Å². The highest BCUT2D eigenvalue weighted by atomic mass is 16.6. The Labute approximate surface area is 198 Å². The molecule has 0 amide bonds. The van der Waals surface area contributed by atoms with Crippen molar-refractivity contribution < 1.29 is 9.53 Å². The second kappa shape index (κ2) is 10.2. The van der Waals surface area contributed by atoms with Gasteiger partial charge < -0.3 is 4.74 Å². The predicted octanol–water partition coefficient (Wildman–Crippen LogP) is 6.77. The van der Waals surface area contributed by atoms with Crippen LogP contribution in [0.15, 0.2) is 89.9 Å². The van der Waals surface area contributed by atoms with Gasteiger partial charge in [0.2, 0.25) is 0 Å². The first-order valence-electron chi connectivity index (χ1n) is 11.6. The SMILES string of the molecule is CC(Cc1ccc(C(C)(C)C(=O)OC(C)(C)C)cc1)N=C(c1ccccc1)c1ccccc1. The van der Waals surface area contributed by atoms with Gasteiger partial charge in [-0.25, -0.2) is 0 Å². The minimum Gasteiger partial charge on any atom is -0.459 e. The van der Waals surface area contributed by atoms with E-state index < -0.39 is 11.0 Å². The monoisotopic (exact) mass is 441 g/mol. The van der Waals surface area contributed by atoms with Gasteiger partial charge in [0.15, 0.2) is 0 Å². The van der Waals surface area contributed by atoms with E-state index in [4.69, 9.17) is 9.73 Å². The van der Waals surface area contributed by atoms with Crippen molar-refractivity contribution in [3.8, 4) is 0 Å². The number of nitrogens with zero attached hydrogens (tertiary/aromatic N) is 1. The van der Waals surface area contributed by atoms with Crippen molar-refractivity contribution in [1.29, 1.82) is 0 Å². The molecule has 0 fully saturated rings. The first-order valence-corrected chi connectivity index (χ1v) is 11.6. The average molecular weight is 442 g/mol. The molecule has 3 aromatic carbocycles. The van der Waals surface area contributed by atoms with E-state index in [0.29, 0.717) is 0 Å². The van der Waals surface area contributed by atoms with Gasteiger partial charge in [0.1, 0.15) is 5.60 Å². The van der Waals surface area contributed by atoms with E-state index in [1.54, 1.807) is 0 Å². The molecular weight excluding hydrogens is 406 g/mol. The second-order valence-corrected chi connectivity index (χ2v) is 10.1. The molecule has 0 radical (unpaired) electrons. The summed E-state index contributed by atoms with van der Waals surface area (Å²) in [5, 5.41) is 0. The number of benzene rings is 3. The number of hydrogen-bond acceptors (Lipinski definition) is 3. The number of carbonyl (C=O) groups excluding carboxylic acids is 1. The van der Waals surface area contributed by atoms with Crippen LogP contribution in [0.5, 0.6) is 0 Å². The van der Waals surface area contributed by atoms with Crippen LogP contribution in [-0.4, -0.2) is 23.3 Å². The van der Waals surface area contributed by atoms with Crippen molar-refractivity contribution in [2.45, 2.75) is 65.0 Å². The fourth-order valence-electron chi connectivity index (χ4n) is 3.70. The number of ether oxygens (including phenoxy) is 1. The first kappa shape index (κ1) is 24.4. The molecule has 3 heteroatoms. The van der Waals surface area contributed by atoms with Gasteiger partial charge in [0.05, 0.1) is 17.2 Å². The summed E-state index contributed by atoms with van der Waals surface area (Å²) in [6, 6.07) is 29.0. The summed E-state index contributed by atoms with van der Waals surface area (Å²) in [5.74, 6) is -0.212. The van der Waals surface area contributed by atoms with Crippen LogP contribution in [0.1, 0.15) is 63.8 Å². The van der Waals surface area contributed by atoms with E-state index in [-0.39, 0.29) is 12.0 Å². The first-order chi connectivity index (χ1) is 15.6. The molecule has 172 valence electrons. The zero-order valence-corrected chi connectivity index (χ0v) is 20.6. The highest BCUT2D eigenvalue weighted by Crippen LogP contribution is 2.27. The van der Waals surface area contributed by atoms with Crippen molar-refractivity contribution >= 4 is 11.7 Å². The lowest BCUT2D eigenvalue weighted by Gasteiger charge is -2.29. The molecule has 0 aliphatic heterocycles. The zero-order valence-electron chi connectivity index (χ0n) is 20.6. The molecule has 0 saturated heterocycles. The number of carbonyl (C=O) groups is 1. The second-order valence-electron chi connectivity index (χ2n) is 10.1. The van der Waals surface area contributed by atoms with Crippen molar-refractivity contribution in [2.75, 3.05) is 0 Å². The topological polar surface area (TPSA) is 38.7 Å². The van der Waals surface area contributed by atoms with Crippen molar-refractivity contribution in [2.24, 2.45) is 4.99 Å². The van der Waals surface area contributed by atoms with Crippen molar-refractivity contribution in [3.63, 3.8) is 0 Å². The lowest BCUT2D eigenvalue weighted by molar-refractivity contribution is -0.160. The summed E-state index contributed by atoms with van der Waals surface area (Å²) in [6.45, 7) is 11.6. The molecule has 3 nitrogen and oxygen atoms in total. The molecule has 33 heavy (non-hydrogen) atoms. The van der Waals surface area contributed by atoms with Gasteiger partial charge in [-0.2, -0.15) is 0 Å². The quantitative estimate of drug-likeness (QED) is 0.300. The van der Waals surface area contributed by atoms with Gasteiger partial charge in [-0.15, -0.1) is 0 Å². The van der Waals surface area contributed by atoms with Gasteiger partial charge >= 0.3 is 5.97 Å². The van der Waals surface area contributed by atoms with E-state index in [0.717, 1.165) is 28.8 Å². The molecule has 1 atom stereocenters. The van der Waals surface area contributed by atoms with Crippen LogP contribution in [0, 0.1) is 0 Å². The molecule has 0 spiro atoms. The Bertz CT molecular complexity index is 1030. The molecule has 0 aliphatic rings. The maximum Gasteiger partial charge on any atom is 0.316 e. The molecule has 0 bridgehead atoms. The number of aliphatic imine (C=N–C) groups is 1. The normalized spacial score (nSPS) is 12.7. The standard InChI is InChI=1S/C30H35NO2/c1-22(31-27(24-13-9-7-10-14-24)25-15-11-8-12-16-25)21-23-17-19-26(20-18-23)30(5,6)28(32)33-29(2,3)4/h7-20,22H,21H2,1-6H3. The molecule has 3 rings (SSSR count). The third-order valence-electron chi connectivity index (χ3n) is 5.56. The van der Waals surface area contributed by atoms with E-state index in [1.807, 2.05) is 83.1 Å². The maximum atomic E-state index is 12.7. The Hall–Kier alpha value is -3.20. The van der Waals surface area contributed by atoms with Crippen LogP contribution in [0.2, 0.25) is 0 Å². The van der Waals surface area contributed by atoms with E-state index >= 15 is 0 Å². The summed E-state index contributed by atoms with van der Waals surface area (Å²) < 4.78 is 5.62. The summed E-state index contributed by atoms with van der Waals surface area (Å²) in [5.41, 5.74) is 4.17. The van der Waals surface area contributed by atoms with Crippen LogP contribution < -0.4 is 0 Å². The lowest BCUT2D eigenvalue weighted by atomic mass is 9.84. The number of esters is 1. The fraction of sp³-hybridized carbons (Fsp3) is 0.333. The molecule has 0 saturated carbocycles. The summed E-state index contributed by atoms with van der Waals surface area (Å²) >= 11 is 0. The molecule has 0 heterocycles. The molecule has 0 N–H and O–H groups in total. The molecular formula is C30H35NO2. The largest absolute Gasteiger partial charge is 0.459 e. The Balaban J connectivity index is 1.79. The van der Waals surface area contributed by atoms with Gasteiger partial charge in [0, 0.05) is 11.1 Å². The van der Waals surface area contributed by atoms with E-state index in [9.17, 15) is 4.79 Å². The third-order valence-corrected chi connectivity index (χ3v) is 5.56. The van der Waals surface area contributed by atoms with Crippen LogP contribution >= 0.6 is 0 Å².